The third-order valence-corrected chi connectivity index (χ3v) is 3.98. The molecule has 19 heavy (non-hydrogen) atoms. The molecule has 1 aliphatic heterocycles. The van der Waals surface area contributed by atoms with Crippen molar-refractivity contribution in [2.45, 2.75) is 32.2 Å². The van der Waals surface area contributed by atoms with E-state index in [-0.39, 0.29) is 17.0 Å². The van der Waals surface area contributed by atoms with Crippen LogP contribution in [0.25, 0.3) is 10.9 Å². The first-order valence-corrected chi connectivity index (χ1v) is 6.53. The van der Waals surface area contributed by atoms with Gasteiger partial charge in [-0.2, -0.15) is 0 Å². The fourth-order valence-electron chi connectivity index (χ4n) is 2.99. The molecular weight excluding hydrogens is 242 g/mol. The number of aryl methyl sites for hydroxylation is 1. The lowest BCUT2D eigenvalue weighted by molar-refractivity contribution is 0.0694. The van der Waals surface area contributed by atoms with Crippen LogP contribution in [-0.2, 0) is 6.42 Å². The topological polar surface area (TPSA) is 59.3 Å². The highest BCUT2D eigenvalue weighted by atomic mass is 16.4. The molecule has 1 atom stereocenters. The van der Waals surface area contributed by atoms with Crippen molar-refractivity contribution in [2.24, 2.45) is 0 Å². The summed E-state index contributed by atoms with van der Waals surface area (Å²) < 4.78 is 1.99. The standard InChI is InChI=1S/C15H15NO3/c1-2-10-7-6-9-4-3-5-11-13(9)16(10)8-12(14(11)17)15(18)19/h3-5,8,10H,2,6-7H2,1H3,(H,18,19). The molecule has 98 valence electrons. The summed E-state index contributed by atoms with van der Waals surface area (Å²) >= 11 is 0. The minimum atomic E-state index is -1.15. The number of carboxylic acids is 1. The number of benzene rings is 1. The number of rotatable bonds is 2. The van der Waals surface area contributed by atoms with Crippen LogP contribution < -0.4 is 5.43 Å². The zero-order chi connectivity index (χ0) is 13.6. The van der Waals surface area contributed by atoms with Gasteiger partial charge in [0.15, 0.2) is 0 Å². The maximum absolute atomic E-state index is 12.2. The molecule has 1 aliphatic rings. The lowest BCUT2D eigenvalue weighted by Crippen LogP contribution is -2.24. The van der Waals surface area contributed by atoms with Gasteiger partial charge in [-0.3, -0.25) is 4.79 Å². The summed E-state index contributed by atoms with van der Waals surface area (Å²) in [4.78, 5) is 23.4. The second-order valence-electron chi connectivity index (χ2n) is 5.00. The Morgan fingerprint density at radius 3 is 2.95 bits per heavy atom. The second-order valence-corrected chi connectivity index (χ2v) is 5.00. The molecule has 0 saturated heterocycles. The van der Waals surface area contributed by atoms with Crippen molar-refractivity contribution >= 4 is 16.9 Å². The summed E-state index contributed by atoms with van der Waals surface area (Å²) in [5, 5.41) is 9.70. The molecule has 4 heteroatoms. The van der Waals surface area contributed by atoms with E-state index in [0.29, 0.717) is 5.39 Å². The monoisotopic (exact) mass is 257 g/mol. The Kier molecular flexibility index (Phi) is 2.66. The maximum atomic E-state index is 12.2. The van der Waals surface area contributed by atoms with Crippen molar-refractivity contribution in [3.63, 3.8) is 0 Å². The van der Waals surface area contributed by atoms with E-state index >= 15 is 0 Å². The lowest BCUT2D eigenvalue weighted by atomic mass is 9.94. The molecule has 4 nitrogen and oxygen atoms in total. The first-order valence-electron chi connectivity index (χ1n) is 6.53. The van der Waals surface area contributed by atoms with Crippen LogP contribution in [0.15, 0.2) is 29.2 Å². The third kappa shape index (κ3) is 1.67. The maximum Gasteiger partial charge on any atom is 0.341 e. The first kappa shape index (κ1) is 12.0. The second kappa shape index (κ2) is 4.23. The van der Waals surface area contributed by atoms with Crippen molar-refractivity contribution in [3.05, 3.63) is 45.7 Å². The molecule has 1 unspecified atom stereocenters. The van der Waals surface area contributed by atoms with Gasteiger partial charge in [-0.15, -0.1) is 0 Å². The molecule has 2 aromatic rings. The summed E-state index contributed by atoms with van der Waals surface area (Å²) in [6.07, 6.45) is 4.39. The quantitative estimate of drug-likeness (QED) is 0.899. The molecule has 3 rings (SSSR count). The van der Waals surface area contributed by atoms with Gasteiger partial charge in [0.05, 0.1) is 5.52 Å². The Morgan fingerprint density at radius 2 is 2.26 bits per heavy atom. The van der Waals surface area contributed by atoms with Crippen LogP contribution in [0.5, 0.6) is 0 Å². The number of pyridine rings is 1. The number of nitrogens with zero attached hydrogens (tertiary/aromatic N) is 1. The van der Waals surface area contributed by atoms with Crippen LogP contribution >= 0.6 is 0 Å². The van der Waals surface area contributed by atoms with E-state index in [1.165, 1.54) is 6.20 Å². The zero-order valence-electron chi connectivity index (χ0n) is 10.7. The molecule has 2 heterocycles. The van der Waals surface area contributed by atoms with Crippen molar-refractivity contribution in [1.82, 2.24) is 4.57 Å². The number of para-hydroxylation sites is 1. The van der Waals surface area contributed by atoms with Gasteiger partial charge >= 0.3 is 5.97 Å². The van der Waals surface area contributed by atoms with Gasteiger partial charge in [0.2, 0.25) is 5.43 Å². The van der Waals surface area contributed by atoms with Gasteiger partial charge in [0, 0.05) is 17.6 Å². The third-order valence-electron chi connectivity index (χ3n) is 3.98. The highest BCUT2D eigenvalue weighted by molar-refractivity contribution is 5.93. The SMILES string of the molecule is CCC1CCc2cccc3c(=O)c(C(=O)O)cn1c23. The van der Waals surface area contributed by atoms with Crippen LogP contribution in [0.3, 0.4) is 0 Å². The van der Waals surface area contributed by atoms with E-state index < -0.39 is 5.97 Å². The van der Waals surface area contributed by atoms with E-state index in [2.05, 4.69) is 6.92 Å². The van der Waals surface area contributed by atoms with Crippen molar-refractivity contribution in [3.8, 4) is 0 Å². The van der Waals surface area contributed by atoms with Gasteiger partial charge in [0.25, 0.3) is 0 Å². The van der Waals surface area contributed by atoms with Crippen LogP contribution in [-0.4, -0.2) is 15.6 Å². The molecule has 1 aromatic carbocycles. The summed E-state index contributed by atoms with van der Waals surface area (Å²) in [6.45, 7) is 2.09. The fraction of sp³-hybridized carbons (Fsp3) is 0.333. The first-order chi connectivity index (χ1) is 9.13. The molecule has 0 aliphatic carbocycles. The van der Waals surface area contributed by atoms with Crippen molar-refractivity contribution in [2.75, 3.05) is 0 Å². The van der Waals surface area contributed by atoms with E-state index in [0.717, 1.165) is 30.3 Å². The molecule has 0 amide bonds. The van der Waals surface area contributed by atoms with E-state index in [1.807, 2.05) is 16.7 Å². The number of carboxylic acid groups (broad SMARTS) is 1. The van der Waals surface area contributed by atoms with Crippen LogP contribution in [0.1, 0.15) is 41.7 Å². The number of hydrogen-bond donors (Lipinski definition) is 1. The molecular formula is C15H15NO3. The average Bonchev–Trinajstić information content (AvgIpc) is 2.42. The smallest absolute Gasteiger partial charge is 0.341 e. The number of aromatic nitrogens is 1. The molecule has 0 saturated carbocycles. The molecule has 0 bridgehead atoms. The highest BCUT2D eigenvalue weighted by Gasteiger charge is 2.23. The van der Waals surface area contributed by atoms with Crippen molar-refractivity contribution in [1.29, 1.82) is 0 Å². The summed E-state index contributed by atoms with van der Waals surface area (Å²) in [7, 11) is 0. The lowest BCUT2D eigenvalue weighted by Gasteiger charge is -2.28. The molecule has 0 fully saturated rings. The summed E-state index contributed by atoms with van der Waals surface area (Å²) in [5.74, 6) is -1.15. The number of aromatic carboxylic acids is 1. The number of hydrogen-bond acceptors (Lipinski definition) is 2. The molecule has 1 N–H and O–H groups in total. The zero-order valence-corrected chi connectivity index (χ0v) is 10.7. The molecule has 0 spiro atoms. The van der Waals surface area contributed by atoms with E-state index in [9.17, 15) is 14.7 Å². The Hall–Kier alpha value is -2.10. The Balaban J connectivity index is 2.46. The van der Waals surface area contributed by atoms with Gasteiger partial charge < -0.3 is 9.67 Å². The fourth-order valence-corrected chi connectivity index (χ4v) is 2.99. The minimum Gasteiger partial charge on any atom is -0.477 e. The Labute approximate surface area is 110 Å². The normalized spacial score (nSPS) is 17.6. The van der Waals surface area contributed by atoms with Gasteiger partial charge in [-0.25, -0.2) is 4.79 Å². The summed E-state index contributed by atoms with van der Waals surface area (Å²) in [6, 6.07) is 5.85. The van der Waals surface area contributed by atoms with Crippen molar-refractivity contribution < 1.29 is 9.90 Å². The average molecular weight is 257 g/mol. The van der Waals surface area contributed by atoms with Crippen LogP contribution in [0.2, 0.25) is 0 Å². The van der Waals surface area contributed by atoms with E-state index in [1.54, 1.807) is 6.07 Å². The van der Waals surface area contributed by atoms with Gasteiger partial charge in [-0.1, -0.05) is 19.1 Å². The minimum absolute atomic E-state index is 0.134. The summed E-state index contributed by atoms with van der Waals surface area (Å²) in [5.41, 5.74) is 1.54. The van der Waals surface area contributed by atoms with Crippen LogP contribution in [0.4, 0.5) is 0 Å². The number of carbonyl (C=O) groups is 1. The molecule has 0 radical (unpaired) electrons. The molecule has 1 aromatic heterocycles. The Bertz CT molecular complexity index is 730. The van der Waals surface area contributed by atoms with Crippen LogP contribution in [0, 0.1) is 0 Å². The van der Waals surface area contributed by atoms with Gasteiger partial charge in [0.1, 0.15) is 5.56 Å². The Morgan fingerprint density at radius 1 is 1.47 bits per heavy atom. The van der Waals surface area contributed by atoms with Gasteiger partial charge in [-0.05, 0) is 30.9 Å². The van der Waals surface area contributed by atoms with E-state index in [4.69, 9.17) is 0 Å². The highest BCUT2D eigenvalue weighted by Crippen LogP contribution is 2.31. The predicted octanol–water partition coefficient (Wildman–Crippen LogP) is 2.60. The predicted molar refractivity (Wildman–Crippen MR) is 72.8 cm³/mol. The largest absolute Gasteiger partial charge is 0.477 e.